The first kappa shape index (κ1) is 19.5. The van der Waals surface area contributed by atoms with E-state index in [2.05, 4.69) is 4.74 Å². The third kappa shape index (κ3) is 5.87. The van der Waals surface area contributed by atoms with Gasteiger partial charge in [0.25, 0.3) is 0 Å². The summed E-state index contributed by atoms with van der Waals surface area (Å²) in [6, 6.07) is 2.88. The molecule has 2 rings (SSSR count). The largest absolute Gasteiger partial charge is 0.573 e. The van der Waals surface area contributed by atoms with Gasteiger partial charge >= 0.3 is 12.3 Å². The molecule has 1 aromatic carbocycles. The van der Waals surface area contributed by atoms with Crippen molar-refractivity contribution in [2.45, 2.75) is 30.2 Å². The van der Waals surface area contributed by atoms with Crippen LogP contribution in [-0.4, -0.2) is 56.5 Å². The van der Waals surface area contributed by atoms with Crippen molar-refractivity contribution in [3.63, 3.8) is 0 Å². The molecule has 1 aliphatic heterocycles. The maximum Gasteiger partial charge on any atom is 0.573 e. The molecule has 1 aromatic rings. The predicted octanol–water partition coefficient (Wildman–Crippen LogP) is 1.62. The van der Waals surface area contributed by atoms with E-state index in [9.17, 15) is 26.4 Å². The zero-order valence-corrected chi connectivity index (χ0v) is 13.9. The van der Waals surface area contributed by atoms with Crippen molar-refractivity contribution in [3.8, 4) is 5.75 Å². The number of likely N-dealkylation sites (N-methyl/N-ethyl adjacent to an activating group) is 1. The van der Waals surface area contributed by atoms with E-state index in [1.165, 1.54) is 7.05 Å². The van der Waals surface area contributed by atoms with Gasteiger partial charge in [-0.25, -0.2) is 8.42 Å². The summed E-state index contributed by atoms with van der Waals surface area (Å²) < 4.78 is 72.1. The summed E-state index contributed by atoms with van der Waals surface area (Å²) in [7, 11) is -2.79. The summed E-state index contributed by atoms with van der Waals surface area (Å²) in [6.45, 7) is 0.484. The van der Waals surface area contributed by atoms with Gasteiger partial charge in [0.1, 0.15) is 5.75 Å². The van der Waals surface area contributed by atoms with Crippen molar-refractivity contribution < 1.29 is 41.0 Å². The Bertz CT molecular complexity index is 745. The normalized spacial score (nSPS) is 17.6. The van der Waals surface area contributed by atoms with Gasteiger partial charge < -0.3 is 14.6 Å². The third-order valence-electron chi connectivity index (χ3n) is 3.37. The molecule has 1 aliphatic rings. The van der Waals surface area contributed by atoms with Gasteiger partial charge in [-0.1, -0.05) is 0 Å². The van der Waals surface area contributed by atoms with Gasteiger partial charge in [-0.05, 0) is 24.1 Å². The lowest BCUT2D eigenvalue weighted by atomic mass is 10.1. The van der Waals surface area contributed by atoms with E-state index >= 15 is 0 Å². The lowest BCUT2D eigenvalue weighted by Crippen LogP contribution is -2.30. The smallest absolute Gasteiger partial charge is 0.481 e. The Kier molecular flexibility index (Phi) is 5.59. The molecule has 0 saturated carbocycles. The van der Waals surface area contributed by atoms with Crippen LogP contribution in [0.1, 0.15) is 12.0 Å². The second-order valence-electron chi connectivity index (χ2n) is 5.50. The summed E-state index contributed by atoms with van der Waals surface area (Å²) in [5.41, 5.74) is 0.110. The Balaban J connectivity index is 2.34. The van der Waals surface area contributed by atoms with E-state index in [-0.39, 0.29) is 31.1 Å². The summed E-state index contributed by atoms with van der Waals surface area (Å²) >= 11 is 0. The minimum Gasteiger partial charge on any atom is -0.481 e. The number of hydrogen-bond donors (Lipinski definition) is 1. The lowest BCUT2D eigenvalue weighted by Gasteiger charge is -2.18. The van der Waals surface area contributed by atoms with Crippen LogP contribution in [0.4, 0.5) is 13.2 Å². The number of nitrogens with zero attached hydrogens (tertiary/aromatic N) is 1. The quantitative estimate of drug-likeness (QED) is 0.686. The molecule has 0 bridgehead atoms. The van der Waals surface area contributed by atoms with Crippen LogP contribution in [0.25, 0.3) is 0 Å². The lowest BCUT2D eigenvalue weighted by molar-refractivity contribution is -0.274. The van der Waals surface area contributed by atoms with Crippen LogP contribution in [0.5, 0.6) is 5.75 Å². The van der Waals surface area contributed by atoms with Crippen molar-refractivity contribution in [2.24, 2.45) is 0 Å². The summed E-state index contributed by atoms with van der Waals surface area (Å²) in [4.78, 5) is 10.2. The molecule has 1 atom stereocenters. The molecule has 1 unspecified atom stereocenters. The van der Waals surface area contributed by atoms with Gasteiger partial charge in [-0.2, -0.15) is 4.31 Å². The summed E-state index contributed by atoms with van der Waals surface area (Å²) in [5.74, 6) is -1.88. The predicted molar refractivity (Wildman–Crippen MR) is 78.6 cm³/mol. The van der Waals surface area contributed by atoms with E-state index < -0.39 is 33.0 Å². The highest BCUT2D eigenvalue weighted by molar-refractivity contribution is 7.89. The van der Waals surface area contributed by atoms with Crippen LogP contribution in [-0.2, 0) is 26.0 Å². The number of alkyl halides is 3. The molecular weight excluding hydrogens is 367 g/mol. The zero-order chi connectivity index (χ0) is 18.8. The van der Waals surface area contributed by atoms with Gasteiger partial charge in [0.05, 0.1) is 17.6 Å². The van der Waals surface area contributed by atoms with Gasteiger partial charge in [0.2, 0.25) is 10.0 Å². The highest BCUT2D eigenvalue weighted by Gasteiger charge is 2.33. The molecule has 1 fully saturated rings. The number of carbonyl (C=O) groups is 1. The first-order valence-electron chi connectivity index (χ1n) is 7.17. The van der Waals surface area contributed by atoms with Crippen LogP contribution >= 0.6 is 0 Å². The number of ether oxygens (including phenoxy) is 2. The molecule has 0 radical (unpaired) electrons. The standard InChI is InChI=1S/C14H16F3NO6S/c1-18(7-11-8-23-11)25(21,22)12-5-9(2-3-13(19)20)4-10(6-12)24-14(15,16)17/h4-6,11H,2-3,7-8H2,1H3,(H,19,20). The number of aliphatic carboxylic acids is 1. The highest BCUT2D eigenvalue weighted by Crippen LogP contribution is 2.29. The minimum atomic E-state index is -5.00. The fourth-order valence-corrected chi connectivity index (χ4v) is 3.39. The number of sulfonamides is 1. The number of aryl methyl sites for hydroxylation is 1. The second-order valence-corrected chi connectivity index (χ2v) is 7.54. The molecule has 1 N–H and O–H groups in total. The van der Waals surface area contributed by atoms with Crippen LogP contribution in [0.2, 0.25) is 0 Å². The minimum absolute atomic E-state index is 0.0666. The van der Waals surface area contributed by atoms with E-state index in [1.807, 2.05) is 0 Å². The van der Waals surface area contributed by atoms with Crippen molar-refractivity contribution in [1.29, 1.82) is 0 Å². The number of epoxide rings is 1. The maximum atomic E-state index is 12.5. The highest BCUT2D eigenvalue weighted by atomic mass is 32.2. The third-order valence-corrected chi connectivity index (χ3v) is 5.17. The summed E-state index contributed by atoms with van der Waals surface area (Å²) in [5, 5.41) is 8.70. The second kappa shape index (κ2) is 7.18. The van der Waals surface area contributed by atoms with Crippen LogP contribution in [0.3, 0.4) is 0 Å². The van der Waals surface area contributed by atoms with E-state index in [0.29, 0.717) is 6.61 Å². The van der Waals surface area contributed by atoms with Crippen molar-refractivity contribution in [1.82, 2.24) is 4.31 Å². The van der Waals surface area contributed by atoms with Crippen molar-refractivity contribution in [2.75, 3.05) is 20.2 Å². The van der Waals surface area contributed by atoms with Gasteiger partial charge in [0, 0.05) is 26.1 Å². The number of carboxylic acids is 1. The number of rotatable bonds is 8. The fourth-order valence-electron chi connectivity index (χ4n) is 2.11. The molecule has 1 saturated heterocycles. The maximum absolute atomic E-state index is 12.5. The van der Waals surface area contributed by atoms with Gasteiger partial charge in [-0.15, -0.1) is 13.2 Å². The number of benzene rings is 1. The number of carboxylic acid groups (broad SMARTS) is 1. The molecule has 7 nitrogen and oxygen atoms in total. The topological polar surface area (TPSA) is 96.4 Å². The molecule has 0 aliphatic carbocycles. The SMILES string of the molecule is CN(CC1CO1)S(=O)(=O)c1cc(CCC(=O)O)cc(OC(F)(F)F)c1. The Morgan fingerprint density at radius 3 is 2.56 bits per heavy atom. The Morgan fingerprint density at radius 2 is 2.04 bits per heavy atom. The van der Waals surface area contributed by atoms with Crippen LogP contribution in [0.15, 0.2) is 23.1 Å². The average molecular weight is 383 g/mol. The average Bonchev–Trinajstić information content (AvgIpc) is 3.27. The molecule has 0 spiro atoms. The van der Waals surface area contributed by atoms with Crippen molar-refractivity contribution >= 4 is 16.0 Å². The molecule has 140 valence electrons. The molecule has 11 heteroatoms. The van der Waals surface area contributed by atoms with Crippen LogP contribution < -0.4 is 4.74 Å². The van der Waals surface area contributed by atoms with Crippen molar-refractivity contribution in [3.05, 3.63) is 23.8 Å². The summed E-state index contributed by atoms with van der Waals surface area (Å²) in [6.07, 6.45) is -5.73. The number of hydrogen-bond acceptors (Lipinski definition) is 5. The van der Waals surface area contributed by atoms with Gasteiger partial charge in [0.15, 0.2) is 0 Å². The van der Waals surface area contributed by atoms with Crippen LogP contribution in [0, 0.1) is 0 Å². The Labute approximate surface area is 142 Å². The van der Waals surface area contributed by atoms with E-state index in [1.54, 1.807) is 0 Å². The molecule has 25 heavy (non-hydrogen) atoms. The first-order chi connectivity index (χ1) is 11.5. The molecular formula is C14H16F3NO6S. The van der Waals surface area contributed by atoms with E-state index in [0.717, 1.165) is 22.5 Å². The Hall–Kier alpha value is -1.85. The zero-order valence-electron chi connectivity index (χ0n) is 13.1. The molecule has 1 heterocycles. The molecule has 0 aromatic heterocycles. The first-order valence-corrected chi connectivity index (χ1v) is 8.61. The van der Waals surface area contributed by atoms with Gasteiger partial charge in [-0.3, -0.25) is 4.79 Å². The molecule has 0 amide bonds. The van der Waals surface area contributed by atoms with E-state index in [4.69, 9.17) is 9.84 Å². The number of halogens is 3. The Morgan fingerprint density at radius 1 is 1.40 bits per heavy atom. The fraction of sp³-hybridized carbons (Fsp3) is 0.500. The monoisotopic (exact) mass is 383 g/mol.